The van der Waals surface area contributed by atoms with E-state index in [9.17, 15) is 14.5 Å². The van der Waals surface area contributed by atoms with Gasteiger partial charge in [0.05, 0.1) is 4.92 Å². The fourth-order valence-corrected chi connectivity index (χ4v) is 2.61. The molecule has 0 spiro atoms. The van der Waals surface area contributed by atoms with Crippen LogP contribution in [0.4, 0.5) is 15.8 Å². The van der Waals surface area contributed by atoms with Gasteiger partial charge in [0, 0.05) is 13.1 Å². The van der Waals surface area contributed by atoms with Crippen LogP contribution in [0.2, 0.25) is 0 Å². The number of nitro groups is 1. The monoisotopic (exact) mass is 267 g/mol. The Hall–Kier alpha value is -1.69. The first-order valence-corrected chi connectivity index (χ1v) is 6.42. The maximum atomic E-state index is 13.6. The van der Waals surface area contributed by atoms with Gasteiger partial charge in [-0.05, 0) is 36.9 Å². The lowest BCUT2D eigenvalue weighted by atomic mass is 9.87. The molecule has 19 heavy (non-hydrogen) atoms. The van der Waals surface area contributed by atoms with Crippen molar-refractivity contribution in [2.24, 2.45) is 17.6 Å². The minimum atomic E-state index is -0.787. The van der Waals surface area contributed by atoms with E-state index in [1.54, 1.807) is 6.07 Å². The molecule has 0 amide bonds. The van der Waals surface area contributed by atoms with Crippen LogP contribution in [-0.2, 0) is 0 Å². The summed E-state index contributed by atoms with van der Waals surface area (Å²) in [5.74, 6) is -0.00379. The van der Waals surface area contributed by atoms with Gasteiger partial charge in [-0.2, -0.15) is 4.39 Å². The lowest BCUT2D eigenvalue weighted by molar-refractivity contribution is -0.386. The summed E-state index contributed by atoms with van der Waals surface area (Å²) < 4.78 is 13.6. The maximum Gasteiger partial charge on any atom is 0.327 e. The first-order valence-electron chi connectivity index (χ1n) is 6.42. The SMILES string of the molecule is CC1CCN(c2cccc(F)c2[N+](=O)[O-])CC1CN. The number of nitrogens with two attached hydrogens (primary N) is 1. The van der Waals surface area contributed by atoms with Gasteiger partial charge in [0.25, 0.3) is 0 Å². The highest BCUT2D eigenvalue weighted by Gasteiger charge is 2.30. The molecule has 1 fully saturated rings. The third-order valence-electron chi connectivity index (χ3n) is 3.91. The van der Waals surface area contributed by atoms with E-state index in [4.69, 9.17) is 5.73 Å². The largest absolute Gasteiger partial charge is 0.366 e. The zero-order valence-corrected chi connectivity index (χ0v) is 10.9. The Balaban J connectivity index is 2.32. The van der Waals surface area contributed by atoms with Crippen LogP contribution in [0.25, 0.3) is 0 Å². The molecule has 0 aromatic heterocycles. The van der Waals surface area contributed by atoms with Crippen LogP contribution in [0.5, 0.6) is 0 Å². The van der Waals surface area contributed by atoms with E-state index in [1.807, 2.05) is 4.90 Å². The van der Waals surface area contributed by atoms with Crippen LogP contribution in [0.1, 0.15) is 13.3 Å². The Kier molecular flexibility index (Phi) is 3.99. The second-order valence-electron chi connectivity index (χ2n) is 5.07. The molecule has 1 aromatic rings. The van der Waals surface area contributed by atoms with E-state index >= 15 is 0 Å². The van der Waals surface area contributed by atoms with Crippen LogP contribution >= 0.6 is 0 Å². The number of rotatable bonds is 3. The van der Waals surface area contributed by atoms with Crippen molar-refractivity contribution >= 4 is 11.4 Å². The smallest absolute Gasteiger partial charge is 0.327 e. The summed E-state index contributed by atoms with van der Waals surface area (Å²) in [4.78, 5) is 12.2. The van der Waals surface area contributed by atoms with E-state index in [-0.39, 0.29) is 5.92 Å². The molecular weight excluding hydrogens is 249 g/mol. The number of para-hydroxylation sites is 1. The standard InChI is InChI=1S/C13H18FN3O2/c1-9-5-6-16(8-10(9)7-15)12-4-2-3-11(14)13(12)17(18)19/h2-4,9-10H,5-8,15H2,1H3. The van der Waals surface area contributed by atoms with Crippen molar-refractivity contribution in [2.45, 2.75) is 13.3 Å². The average molecular weight is 267 g/mol. The zero-order valence-electron chi connectivity index (χ0n) is 10.9. The molecule has 2 rings (SSSR count). The molecule has 6 heteroatoms. The summed E-state index contributed by atoms with van der Waals surface area (Å²) in [7, 11) is 0. The summed E-state index contributed by atoms with van der Waals surface area (Å²) >= 11 is 0. The van der Waals surface area contributed by atoms with Crippen LogP contribution in [0.15, 0.2) is 18.2 Å². The molecule has 0 bridgehead atoms. The van der Waals surface area contributed by atoms with Crippen molar-refractivity contribution in [1.29, 1.82) is 0 Å². The van der Waals surface area contributed by atoms with Crippen molar-refractivity contribution in [3.63, 3.8) is 0 Å². The molecular formula is C13H18FN3O2. The Morgan fingerprint density at radius 2 is 2.32 bits per heavy atom. The molecule has 0 radical (unpaired) electrons. The van der Waals surface area contributed by atoms with Gasteiger partial charge >= 0.3 is 5.69 Å². The van der Waals surface area contributed by atoms with Crippen molar-refractivity contribution in [1.82, 2.24) is 0 Å². The quantitative estimate of drug-likeness (QED) is 0.672. The predicted octanol–water partition coefficient (Wildman–Crippen LogP) is 2.16. The zero-order chi connectivity index (χ0) is 14.0. The minimum absolute atomic E-state index is 0.289. The van der Waals surface area contributed by atoms with Gasteiger partial charge < -0.3 is 10.6 Å². The van der Waals surface area contributed by atoms with Gasteiger partial charge in [-0.1, -0.05) is 13.0 Å². The van der Waals surface area contributed by atoms with Crippen molar-refractivity contribution in [2.75, 3.05) is 24.5 Å². The first kappa shape index (κ1) is 13.7. The number of anilines is 1. The minimum Gasteiger partial charge on any atom is -0.366 e. The number of benzene rings is 1. The second-order valence-corrected chi connectivity index (χ2v) is 5.07. The molecule has 5 nitrogen and oxygen atoms in total. The first-order chi connectivity index (χ1) is 9.04. The van der Waals surface area contributed by atoms with Crippen LogP contribution in [0, 0.1) is 27.8 Å². The van der Waals surface area contributed by atoms with E-state index in [1.165, 1.54) is 6.07 Å². The summed E-state index contributed by atoms with van der Waals surface area (Å²) in [6.07, 6.45) is 0.912. The van der Waals surface area contributed by atoms with E-state index < -0.39 is 16.4 Å². The molecule has 1 saturated heterocycles. The topological polar surface area (TPSA) is 72.4 Å². The van der Waals surface area contributed by atoms with Gasteiger partial charge in [0.1, 0.15) is 5.69 Å². The number of nitrogens with zero attached hydrogens (tertiary/aromatic N) is 2. The summed E-state index contributed by atoms with van der Waals surface area (Å²) in [5.41, 5.74) is 5.65. The molecule has 2 N–H and O–H groups in total. The molecule has 1 aliphatic rings. The van der Waals surface area contributed by atoms with E-state index in [0.717, 1.165) is 12.5 Å². The maximum absolute atomic E-state index is 13.6. The highest BCUT2D eigenvalue weighted by atomic mass is 19.1. The predicted molar refractivity (Wildman–Crippen MR) is 71.6 cm³/mol. The second kappa shape index (κ2) is 5.52. The molecule has 0 saturated carbocycles. The van der Waals surface area contributed by atoms with Crippen LogP contribution in [0.3, 0.4) is 0 Å². The van der Waals surface area contributed by atoms with Gasteiger partial charge in [-0.25, -0.2) is 0 Å². The molecule has 1 aliphatic heterocycles. The number of hydrogen-bond donors (Lipinski definition) is 1. The molecule has 0 aliphatic carbocycles. The summed E-state index contributed by atoms with van der Waals surface area (Å²) in [6, 6.07) is 4.23. The Morgan fingerprint density at radius 3 is 2.95 bits per heavy atom. The highest BCUT2D eigenvalue weighted by molar-refractivity contribution is 5.64. The van der Waals surface area contributed by atoms with Crippen molar-refractivity contribution in [3.05, 3.63) is 34.1 Å². The van der Waals surface area contributed by atoms with E-state index in [2.05, 4.69) is 6.92 Å². The Labute approximate surface area is 111 Å². The fourth-order valence-electron chi connectivity index (χ4n) is 2.61. The van der Waals surface area contributed by atoms with Crippen LogP contribution in [-0.4, -0.2) is 24.6 Å². The van der Waals surface area contributed by atoms with Crippen molar-refractivity contribution < 1.29 is 9.31 Å². The molecule has 1 heterocycles. The fraction of sp³-hybridized carbons (Fsp3) is 0.538. The van der Waals surface area contributed by atoms with Crippen LogP contribution < -0.4 is 10.6 Å². The third kappa shape index (κ3) is 2.68. The lowest BCUT2D eigenvalue weighted by Gasteiger charge is -2.37. The Morgan fingerprint density at radius 1 is 1.58 bits per heavy atom. The molecule has 2 atom stereocenters. The number of piperidine rings is 1. The van der Waals surface area contributed by atoms with Gasteiger partial charge in [0.2, 0.25) is 5.82 Å². The highest BCUT2D eigenvalue weighted by Crippen LogP contribution is 2.34. The van der Waals surface area contributed by atoms with E-state index in [0.29, 0.717) is 31.2 Å². The summed E-state index contributed by atoms with van der Waals surface area (Å²) in [6.45, 7) is 4.01. The van der Waals surface area contributed by atoms with Gasteiger partial charge in [0.15, 0.2) is 0 Å². The van der Waals surface area contributed by atoms with Gasteiger partial charge in [-0.15, -0.1) is 0 Å². The molecule has 104 valence electrons. The Bertz CT molecular complexity index is 481. The third-order valence-corrected chi connectivity index (χ3v) is 3.91. The normalized spacial score (nSPS) is 23.4. The number of halogens is 1. The average Bonchev–Trinajstić information content (AvgIpc) is 2.38. The lowest BCUT2D eigenvalue weighted by Crippen LogP contribution is -2.43. The van der Waals surface area contributed by atoms with Crippen molar-refractivity contribution in [3.8, 4) is 0 Å². The molecule has 2 unspecified atom stereocenters. The van der Waals surface area contributed by atoms with Gasteiger partial charge in [-0.3, -0.25) is 10.1 Å². The summed E-state index contributed by atoms with van der Waals surface area (Å²) in [5, 5.41) is 11.0. The number of nitro benzene ring substituents is 1. The number of hydrogen-bond acceptors (Lipinski definition) is 4. The molecule has 1 aromatic carbocycles.